The minimum atomic E-state index is 0.128. The lowest BCUT2D eigenvalue weighted by Crippen LogP contribution is -2.22. The van der Waals surface area contributed by atoms with Crippen LogP contribution >= 0.6 is 0 Å². The van der Waals surface area contributed by atoms with Crippen molar-refractivity contribution in [2.24, 2.45) is 5.73 Å². The van der Waals surface area contributed by atoms with Gasteiger partial charge in [0.1, 0.15) is 0 Å². The Morgan fingerprint density at radius 3 is 2.94 bits per heavy atom. The maximum absolute atomic E-state index is 6.10. The van der Waals surface area contributed by atoms with Crippen molar-refractivity contribution in [1.82, 2.24) is 15.0 Å². The normalized spacial score (nSPS) is 17.0. The second kappa shape index (κ2) is 3.96. The van der Waals surface area contributed by atoms with Crippen LogP contribution < -0.4 is 5.73 Å². The van der Waals surface area contributed by atoms with Crippen LogP contribution in [0.2, 0.25) is 0 Å². The SMILES string of the molecule is NC1(CCc2cccc(-n3ccnn3)c2)CC1. The second-order valence-electron chi connectivity index (χ2n) is 4.88. The van der Waals surface area contributed by atoms with E-state index in [2.05, 4.69) is 28.5 Å². The number of aromatic nitrogens is 3. The van der Waals surface area contributed by atoms with Gasteiger partial charge >= 0.3 is 0 Å². The van der Waals surface area contributed by atoms with Gasteiger partial charge in [0.25, 0.3) is 0 Å². The first-order chi connectivity index (χ1) is 8.25. The highest BCUT2D eigenvalue weighted by Gasteiger charge is 2.37. The molecule has 0 bridgehead atoms. The molecule has 1 aliphatic carbocycles. The first-order valence-electron chi connectivity index (χ1n) is 6.00. The number of hydrogen-bond acceptors (Lipinski definition) is 3. The van der Waals surface area contributed by atoms with E-state index in [0.717, 1.165) is 18.5 Å². The Balaban J connectivity index is 1.75. The lowest BCUT2D eigenvalue weighted by molar-refractivity contribution is 0.609. The third-order valence-corrected chi connectivity index (χ3v) is 3.40. The van der Waals surface area contributed by atoms with E-state index in [9.17, 15) is 0 Å². The van der Waals surface area contributed by atoms with E-state index < -0.39 is 0 Å². The van der Waals surface area contributed by atoms with Crippen LogP contribution in [0.15, 0.2) is 36.7 Å². The highest BCUT2D eigenvalue weighted by atomic mass is 15.4. The van der Waals surface area contributed by atoms with E-state index in [1.807, 2.05) is 12.3 Å². The minimum absolute atomic E-state index is 0.128. The Labute approximate surface area is 100 Å². The van der Waals surface area contributed by atoms with Crippen LogP contribution in [0.3, 0.4) is 0 Å². The molecule has 1 heterocycles. The highest BCUT2D eigenvalue weighted by molar-refractivity contribution is 5.35. The van der Waals surface area contributed by atoms with E-state index in [1.54, 1.807) is 10.9 Å². The molecule has 4 heteroatoms. The fourth-order valence-electron chi connectivity index (χ4n) is 2.00. The Morgan fingerprint density at radius 1 is 1.35 bits per heavy atom. The van der Waals surface area contributed by atoms with Crippen molar-refractivity contribution in [3.63, 3.8) is 0 Å². The largest absolute Gasteiger partial charge is 0.325 e. The average molecular weight is 228 g/mol. The molecule has 4 nitrogen and oxygen atoms in total. The standard InChI is InChI=1S/C13H16N4/c14-13(6-7-13)5-4-11-2-1-3-12(10-11)17-9-8-15-16-17/h1-3,8-10H,4-7,14H2. The monoisotopic (exact) mass is 228 g/mol. The maximum Gasteiger partial charge on any atom is 0.0697 e. The molecule has 88 valence electrons. The van der Waals surface area contributed by atoms with Gasteiger partial charge in [-0.1, -0.05) is 17.3 Å². The smallest absolute Gasteiger partial charge is 0.0697 e. The van der Waals surface area contributed by atoms with Gasteiger partial charge in [-0.2, -0.15) is 0 Å². The molecule has 17 heavy (non-hydrogen) atoms. The molecule has 0 saturated heterocycles. The van der Waals surface area contributed by atoms with Crippen molar-refractivity contribution >= 4 is 0 Å². The first kappa shape index (κ1) is 10.5. The van der Waals surface area contributed by atoms with Gasteiger partial charge in [0.15, 0.2) is 0 Å². The van der Waals surface area contributed by atoms with Crippen LogP contribution in [0.25, 0.3) is 5.69 Å². The molecule has 0 aliphatic heterocycles. The molecule has 3 rings (SSSR count). The lowest BCUT2D eigenvalue weighted by Gasteiger charge is -2.09. The van der Waals surface area contributed by atoms with E-state index in [1.165, 1.54) is 18.4 Å². The van der Waals surface area contributed by atoms with Gasteiger partial charge in [0.05, 0.1) is 18.1 Å². The number of benzene rings is 1. The van der Waals surface area contributed by atoms with E-state index in [0.29, 0.717) is 0 Å². The molecule has 0 spiro atoms. The van der Waals surface area contributed by atoms with Crippen LogP contribution in [0, 0.1) is 0 Å². The van der Waals surface area contributed by atoms with Gasteiger partial charge in [0, 0.05) is 5.54 Å². The molecular formula is C13H16N4. The topological polar surface area (TPSA) is 56.7 Å². The number of rotatable bonds is 4. The average Bonchev–Trinajstić information content (AvgIpc) is 2.88. The van der Waals surface area contributed by atoms with Crippen molar-refractivity contribution in [3.8, 4) is 5.69 Å². The molecule has 2 N–H and O–H groups in total. The van der Waals surface area contributed by atoms with Gasteiger partial charge in [0.2, 0.25) is 0 Å². The Bertz CT molecular complexity index is 500. The molecule has 0 atom stereocenters. The summed E-state index contributed by atoms with van der Waals surface area (Å²) in [4.78, 5) is 0. The summed E-state index contributed by atoms with van der Waals surface area (Å²) in [5.41, 5.74) is 8.60. The Hall–Kier alpha value is -1.68. The number of nitrogens with two attached hydrogens (primary N) is 1. The summed E-state index contributed by atoms with van der Waals surface area (Å²) in [6, 6.07) is 8.39. The highest BCUT2D eigenvalue weighted by Crippen LogP contribution is 2.36. The van der Waals surface area contributed by atoms with Crippen molar-refractivity contribution in [2.75, 3.05) is 0 Å². The Morgan fingerprint density at radius 2 is 2.24 bits per heavy atom. The van der Waals surface area contributed by atoms with Crippen LogP contribution in [-0.2, 0) is 6.42 Å². The number of nitrogens with zero attached hydrogens (tertiary/aromatic N) is 3. The van der Waals surface area contributed by atoms with Gasteiger partial charge in [-0.15, -0.1) is 5.10 Å². The second-order valence-corrected chi connectivity index (χ2v) is 4.88. The van der Waals surface area contributed by atoms with E-state index in [4.69, 9.17) is 5.73 Å². The minimum Gasteiger partial charge on any atom is -0.325 e. The number of aryl methyl sites for hydroxylation is 1. The van der Waals surface area contributed by atoms with Crippen molar-refractivity contribution in [3.05, 3.63) is 42.2 Å². The molecule has 2 aromatic rings. The van der Waals surface area contributed by atoms with E-state index in [-0.39, 0.29) is 5.54 Å². The molecule has 1 aromatic heterocycles. The summed E-state index contributed by atoms with van der Waals surface area (Å²) in [6.07, 6.45) is 8.01. The summed E-state index contributed by atoms with van der Waals surface area (Å²) < 4.78 is 1.78. The molecule has 1 fully saturated rings. The predicted molar refractivity (Wildman–Crippen MR) is 65.8 cm³/mol. The van der Waals surface area contributed by atoms with Gasteiger partial charge in [-0.3, -0.25) is 0 Å². The molecule has 1 aliphatic rings. The Kier molecular flexibility index (Phi) is 2.44. The van der Waals surface area contributed by atoms with Crippen molar-refractivity contribution in [2.45, 2.75) is 31.2 Å². The van der Waals surface area contributed by atoms with Gasteiger partial charge < -0.3 is 5.73 Å². The molecule has 0 amide bonds. The summed E-state index contributed by atoms with van der Waals surface area (Å²) in [5.74, 6) is 0. The summed E-state index contributed by atoms with van der Waals surface area (Å²) in [5, 5.41) is 7.81. The lowest BCUT2D eigenvalue weighted by atomic mass is 10.0. The molecule has 0 unspecified atom stereocenters. The third-order valence-electron chi connectivity index (χ3n) is 3.40. The number of hydrogen-bond donors (Lipinski definition) is 1. The maximum atomic E-state index is 6.10. The third kappa shape index (κ3) is 2.36. The zero-order valence-corrected chi connectivity index (χ0v) is 9.71. The summed E-state index contributed by atoms with van der Waals surface area (Å²) in [6.45, 7) is 0. The van der Waals surface area contributed by atoms with E-state index >= 15 is 0 Å². The van der Waals surface area contributed by atoms with Crippen LogP contribution in [0.5, 0.6) is 0 Å². The first-order valence-corrected chi connectivity index (χ1v) is 6.00. The molecule has 1 aromatic carbocycles. The zero-order chi connectivity index (χ0) is 11.7. The van der Waals surface area contributed by atoms with Crippen LogP contribution in [-0.4, -0.2) is 20.5 Å². The van der Waals surface area contributed by atoms with Gasteiger partial charge in [-0.05, 0) is 43.4 Å². The van der Waals surface area contributed by atoms with Crippen LogP contribution in [0.4, 0.5) is 0 Å². The summed E-state index contributed by atoms with van der Waals surface area (Å²) in [7, 11) is 0. The van der Waals surface area contributed by atoms with Crippen molar-refractivity contribution in [1.29, 1.82) is 0 Å². The van der Waals surface area contributed by atoms with Gasteiger partial charge in [-0.25, -0.2) is 4.68 Å². The predicted octanol–water partition coefficient (Wildman–Crippen LogP) is 1.69. The molecule has 1 saturated carbocycles. The van der Waals surface area contributed by atoms with Crippen LogP contribution in [0.1, 0.15) is 24.8 Å². The summed E-state index contributed by atoms with van der Waals surface area (Å²) >= 11 is 0. The van der Waals surface area contributed by atoms with Crippen molar-refractivity contribution < 1.29 is 0 Å². The molecular weight excluding hydrogens is 212 g/mol. The fourth-order valence-corrected chi connectivity index (χ4v) is 2.00. The zero-order valence-electron chi connectivity index (χ0n) is 9.71. The quantitative estimate of drug-likeness (QED) is 0.866. The fraction of sp³-hybridized carbons (Fsp3) is 0.385. The molecule has 0 radical (unpaired) electrons.